The van der Waals surface area contributed by atoms with Crippen LogP contribution in [-0.2, 0) is 0 Å². The Balaban J connectivity index is 2.36. The molecule has 5 nitrogen and oxygen atoms in total. The molecule has 0 radical (unpaired) electrons. The lowest BCUT2D eigenvalue weighted by Crippen LogP contribution is -2.25. The van der Waals surface area contributed by atoms with Crippen molar-refractivity contribution >= 4 is 5.91 Å². The van der Waals surface area contributed by atoms with Gasteiger partial charge in [0.05, 0.1) is 11.7 Å². The van der Waals surface area contributed by atoms with Crippen molar-refractivity contribution in [2.24, 2.45) is 5.73 Å². The van der Waals surface area contributed by atoms with Crippen LogP contribution in [0.25, 0.3) is 0 Å². The third-order valence-corrected chi connectivity index (χ3v) is 2.35. The summed E-state index contributed by atoms with van der Waals surface area (Å²) in [6.07, 6.45) is 3.63. The maximum absolute atomic E-state index is 11.4. The highest BCUT2D eigenvalue weighted by atomic mass is 16.5. The minimum Gasteiger partial charge on any atom is -0.484 e. The van der Waals surface area contributed by atoms with Crippen LogP contribution in [0.3, 0.4) is 0 Å². The van der Waals surface area contributed by atoms with E-state index in [-0.39, 0.29) is 6.10 Å². The highest BCUT2D eigenvalue weighted by Gasteiger charge is 2.29. The summed E-state index contributed by atoms with van der Waals surface area (Å²) in [7, 11) is 0. The molecule has 2 N–H and O–H groups in total. The molecule has 0 bridgehead atoms. The van der Waals surface area contributed by atoms with E-state index in [1.165, 1.54) is 6.20 Å². The summed E-state index contributed by atoms with van der Waals surface area (Å²) in [5, 5.41) is 0. The molecule has 1 heterocycles. The van der Waals surface area contributed by atoms with E-state index in [0.717, 1.165) is 12.8 Å². The summed E-state index contributed by atoms with van der Waals surface area (Å²) in [5.74, 6) is 0.153. The number of carbonyl (C=O) groups is 1. The van der Waals surface area contributed by atoms with Crippen LogP contribution in [-0.4, -0.2) is 22.6 Å². The molecule has 1 aliphatic carbocycles. The van der Waals surface area contributed by atoms with Crippen molar-refractivity contribution in [2.45, 2.75) is 45.3 Å². The highest BCUT2D eigenvalue weighted by molar-refractivity contribution is 5.96. The number of primary amides is 1. The molecule has 0 aromatic carbocycles. The van der Waals surface area contributed by atoms with Crippen LogP contribution in [0.1, 0.15) is 44.0 Å². The van der Waals surface area contributed by atoms with E-state index in [4.69, 9.17) is 15.2 Å². The fraction of sp³-hybridized carbons (Fsp3) is 0.538. The van der Waals surface area contributed by atoms with Gasteiger partial charge in [-0.25, -0.2) is 4.98 Å². The lowest BCUT2D eigenvalue weighted by molar-refractivity contribution is 0.0980. The number of carbonyl (C=O) groups excluding carboxylic acids is 1. The number of rotatable bonds is 4. The van der Waals surface area contributed by atoms with Crippen molar-refractivity contribution in [2.75, 3.05) is 0 Å². The van der Waals surface area contributed by atoms with Gasteiger partial charge in [-0.2, -0.15) is 0 Å². The number of hydrogen-bond donors (Lipinski definition) is 1. The third kappa shape index (κ3) is 3.12. The Morgan fingerprint density at radius 3 is 2.61 bits per heavy atom. The summed E-state index contributed by atoms with van der Waals surface area (Å²) in [5.41, 5.74) is 5.25. The molecule has 1 fully saturated rings. The monoisotopic (exact) mass is 250 g/mol. The van der Waals surface area contributed by atoms with E-state index in [1.54, 1.807) is 6.07 Å². The molecule has 1 aromatic rings. The highest BCUT2D eigenvalue weighted by Crippen LogP contribution is 2.36. The van der Waals surface area contributed by atoms with Gasteiger partial charge in [-0.3, -0.25) is 4.79 Å². The molecule has 1 saturated carbocycles. The summed E-state index contributed by atoms with van der Waals surface area (Å²) in [6, 6.07) is 1.55. The number of aromatic nitrogens is 1. The molecular weight excluding hydrogens is 232 g/mol. The summed E-state index contributed by atoms with van der Waals surface area (Å²) < 4.78 is 11.4. The minimum atomic E-state index is -0.535. The molecule has 98 valence electrons. The Labute approximate surface area is 106 Å². The Kier molecular flexibility index (Phi) is 3.15. The number of hydrogen-bond acceptors (Lipinski definition) is 4. The second-order valence-electron chi connectivity index (χ2n) is 5.39. The Bertz CT molecular complexity index is 462. The topological polar surface area (TPSA) is 74.4 Å². The lowest BCUT2D eigenvalue weighted by atomic mass is 10.2. The van der Waals surface area contributed by atoms with Crippen molar-refractivity contribution in [1.82, 2.24) is 4.98 Å². The first kappa shape index (κ1) is 12.7. The van der Waals surface area contributed by atoms with Gasteiger partial charge in [0.25, 0.3) is 11.8 Å². The maximum Gasteiger partial charge on any atom is 0.258 e. The van der Waals surface area contributed by atoms with Crippen molar-refractivity contribution in [1.29, 1.82) is 0 Å². The average Bonchev–Trinajstić information content (AvgIpc) is 3.01. The van der Waals surface area contributed by atoms with Crippen molar-refractivity contribution < 1.29 is 14.3 Å². The lowest BCUT2D eigenvalue weighted by Gasteiger charge is -2.22. The Hall–Kier alpha value is -1.78. The molecule has 1 aliphatic rings. The molecule has 0 unspecified atom stereocenters. The van der Waals surface area contributed by atoms with Crippen LogP contribution in [0.4, 0.5) is 0 Å². The van der Waals surface area contributed by atoms with Crippen LogP contribution in [0, 0.1) is 0 Å². The van der Waals surface area contributed by atoms with Gasteiger partial charge in [0, 0.05) is 6.20 Å². The zero-order chi connectivity index (χ0) is 13.3. The molecular formula is C13H18N2O3. The van der Waals surface area contributed by atoms with Gasteiger partial charge in [0.1, 0.15) is 5.60 Å². The van der Waals surface area contributed by atoms with Gasteiger partial charge in [-0.1, -0.05) is 0 Å². The largest absolute Gasteiger partial charge is 0.484 e. The normalized spacial score (nSPS) is 15.3. The number of nitrogens with two attached hydrogens (primary N) is 1. The molecule has 0 spiro atoms. The average molecular weight is 250 g/mol. The zero-order valence-electron chi connectivity index (χ0n) is 10.9. The van der Waals surface area contributed by atoms with Gasteiger partial charge in [0.2, 0.25) is 0 Å². The van der Waals surface area contributed by atoms with Gasteiger partial charge in [-0.15, -0.1) is 0 Å². The molecule has 18 heavy (non-hydrogen) atoms. The second-order valence-corrected chi connectivity index (χ2v) is 5.39. The predicted molar refractivity (Wildman–Crippen MR) is 66.8 cm³/mol. The summed E-state index contributed by atoms with van der Waals surface area (Å²) >= 11 is 0. The smallest absolute Gasteiger partial charge is 0.258 e. The van der Waals surface area contributed by atoms with Crippen molar-refractivity contribution in [3.05, 3.63) is 17.8 Å². The quantitative estimate of drug-likeness (QED) is 0.885. The number of nitrogens with zero attached hydrogens (tertiary/aromatic N) is 1. The standard InChI is InChI=1S/C13H18N2O3/c1-13(2,3)18-12-10(17-8-4-5-8)9(11(14)16)6-7-15-12/h6-8H,4-5H2,1-3H3,(H2,14,16). The molecule has 5 heteroatoms. The van der Waals surface area contributed by atoms with Crippen LogP contribution in [0.15, 0.2) is 12.3 Å². The molecule has 0 aliphatic heterocycles. The molecule has 1 amide bonds. The van der Waals surface area contributed by atoms with Crippen molar-refractivity contribution in [3.63, 3.8) is 0 Å². The van der Waals surface area contributed by atoms with E-state index in [2.05, 4.69) is 4.98 Å². The molecule has 0 saturated heterocycles. The number of ether oxygens (including phenoxy) is 2. The van der Waals surface area contributed by atoms with Crippen molar-refractivity contribution in [3.8, 4) is 11.6 Å². The first-order valence-electron chi connectivity index (χ1n) is 6.01. The van der Waals surface area contributed by atoms with Gasteiger partial charge < -0.3 is 15.2 Å². The van der Waals surface area contributed by atoms with Gasteiger partial charge in [0.15, 0.2) is 5.75 Å². The van der Waals surface area contributed by atoms with Crippen LogP contribution in [0.5, 0.6) is 11.6 Å². The molecule has 2 rings (SSSR count). The van der Waals surface area contributed by atoms with E-state index < -0.39 is 11.5 Å². The van der Waals surface area contributed by atoms with E-state index in [0.29, 0.717) is 17.2 Å². The second kappa shape index (κ2) is 4.48. The first-order chi connectivity index (χ1) is 8.37. The summed E-state index contributed by atoms with van der Waals surface area (Å²) in [6.45, 7) is 5.73. The minimum absolute atomic E-state index is 0.148. The fourth-order valence-corrected chi connectivity index (χ4v) is 1.45. The first-order valence-corrected chi connectivity index (χ1v) is 6.01. The van der Waals surface area contributed by atoms with Gasteiger partial charge >= 0.3 is 0 Å². The zero-order valence-corrected chi connectivity index (χ0v) is 10.9. The van der Waals surface area contributed by atoms with Gasteiger partial charge in [-0.05, 0) is 39.7 Å². The van der Waals surface area contributed by atoms with E-state index in [1.807, 2.05) is 20.8 Å². The maximum atomic E-state index is 11.4. The Morgan fingerprint density at radius 2 is 2.11 bits per heavy atom. The third-order valence-electron chi connectivity index (χ3n) is 2.35. The predicted octanol–water partition coefficient (Wildman–Crippen LogP) is 1.90. The van der Waals surface area contributed by atoms with Crippen LogP contribution < -0.4 is 15.2 Å². The van der Waals surface area contributed by atoms with E-state index in [9.17, 15) is 4.79 Å². The van der Waals surface area contributed by atoms with Crippen LogP contribution in [0.2, 0.25) is 0 Å². The number of pyridine rings is 1. The Morgan fingerprint density at radius 1 is 1.44 bits per heavy atom. The van der Waals surface area contributed by atoms with E-state index >= 15 is 0 Å². The SMILES string of the molecule is CC(C)(C)Oc1nccc(C(N)=O)c1OC1CC1. The molecule has 1 aromatic heterocycles. The molecule has 0 atom stereocenters. The fourth-order valence-electron chi connectivity index (χ4n) is 1.45. The summed E-state index contributed by atoms with van der Waals surface area (Å²) in [4.78, 5) is 15.5. The number of amides is 1. The van der Waals surface area contributed by atoms with Crippen LogP contribution >= 0.6 is 0 Å².